The minimum atomic E-state index is -0.915. The Morgan fingerprint density at radius 3 is 2.58 bits per heavy atom. The number of rotatable bonds is 9. The van der Waals surface area contributed by atoms with Gasteiger partial charge in [0, 0.05) is 19.0 Å². The summed E-state index contributed by atoms with van der Waals surface area (Å²) in [5.41, 5.74) is -0.351. The molecule has 2 aliphatic heterocycles. The Kier molecular flexibility index (Phi) is 10.7. The number of nitrogens with zero attached hydrogens (tertiary/aromatic N) is 1. The maximum Gasteiger partial charge on any atom is 0.408 e. The standard InChI is InChI=1S/C27H41FIN3O4/c1-18(19-9-12-30-13-10-19)11-15-35-21-8-7-20(22(28)17-21)16-23(31-26(34)36-27(2,3)4)25(33)32-14-5-6-24(32)29/h7-8,17-19,23-24,30H,5-6,9-16H2,1-4H3,(H,31,34)/t18-,23+,24+/m1/s1. The average molecular weight is 618 g/mol. The van der Waals surface area contributed by atoms with Crippen LogP contribution in [0.25, 0.3) is 0 Å². The lowest BCUT2D eigenvalue weighted by molar-refractivity contribution is -0.132. The van der Waals surface area contributed by atoms with E-state index >= 15 is 4.39 Å². The predicted octanol–water partition coefficient (Wildman–Crippen LogP) is 5.05. The van der Waals surface area contributed by atoms with Crippen LogP contribution >= 0.6 is 22.6 Å². The van der Waals surface area contributed by atoms with Gasteiger partial charge in [0.15, 0.2) is 0 Å². The van der Waals surface area contributed by atoms with Gasteiger partial charge >= 0.3 is 6.09 Å². The van der Waals surface area contributed by atoms with Crippen molar-refractivity contribution in [2.75, 3.05) is 26.2 Å². The van der Waals surface area contributed by atoms with Crippen molar-refractivity contribution >= 4 is 34.6 Å². The van der Waals surface area contributed by atoms with E-state index in [4.69, 9.17) is 9.47 Å². The molecule has 2 N–H and O–H groups in total. The highest BCUT2D eigenvalue weighted by Crippen LogP contribution is 2.27. The lowest BCUT2D eigenvalue weighted by atomic mass is 9.84. The van der Waals surface area contributed by atoms with E-state index in [0.717, 1.165) is 32.4 Å². The zero-order valence-corrected chi connectivity index (χ0v) is 24.1. The number of alkyl halides is 1. The summed E-state index contributed by atoms with van der Waals surface area (Å²) in [6.07, 6.45) is 4.48. The van der Waals surface area contributed by atoms with Crippen LogP contribution in [0.5, 0.6) is 5.75 Å². The van der Waals surface area contributed by atoms with Crippen LogP contribution in [0, 0.1) is 17.7 Å². The van der Waals surface area contributed by atoms with Gasteiger partial charge < -0.3 is 25.0 Å². The zero-order valence-electron chi connectivity index (χ0n) is 21.9. The van der Waals surface area contributed by atoms with Crippen molar-refractivity contribution in [3.8, 4) is 5.75 Å². The van der Waals surface area contributed by atoms with E-state index in [1.54, 1.807) is 37.8 Å². The van der Waals surface area contributed by atoms with Gasteiger partial charge in [-0.25, -0.2) is 9.18 Å². The first-order valence-electron chi connectivity index (χ1n) is 13.1. The fraction of sp³-hybridized carbons (Fsp3) is 0.704. The average Bonchev–Trinajstić information content (AvgIpc) is 3.24. The van der Waals surface area contributed by atoms with Crippen molar-refractivity contribution in [2.45, 2.75) is 81.9 Å². The summed E-state index contributed by atoms with van der Waals surface area (Å²) in [5, 5.41) is 6.08. The molecule has 0 aliphatic carbocycles. The topological polar surface area (TPSA) is 79.9 Å². The van der Waals surface area contributed by atoms with E-state index < -0.39 is 23.6 Å². The molecule has 0 saturated carbocycles. The van der Waals surface area contributed by atoms with Gasteiger partial charge in [-0.1, -0.05) is 35.6 Å². The van der Waals surface area contributed by atoms with Gasteiger partial charge in [0.05, 0.1) is 10.7 Å². The number of carbonyl (C=O) groups is 2. The number of hydrogen-bond donors (Lipinski definition) is 2. The third-order valence-corrected chi connectivity index (χ3v) is 8.23. The third-order valence-electron chi connectivity index (χ3n) is 6.93. The molecule has 9 heteroatoms. The second-order valence-electron chi connectivity index (χ2n) is 11.0. The quantitative estimate of drug-likeness (QED) is 0.231. The summed E-state index contributed by atoms with van der Waals surface area (Å²) >= 11 is 2.24. The maximum absolute atomic E-state index is 15.1. The van der Waals surface area contributed by atoms with Crippen molar-refractivity contribution in [3.05, 3.63) is 29.6 Å². The van der Waals surface area contributed by atoms with Gasteiger partial charge in [-0.15, -0.1) is 0 Å². The van der Waals surface area contributed by atoms with E-state index in [9.17, 15) is 9.59 Å². The van der Waals surface area contributed by atoms with Gasteiger partial charge in [-0.2, -0.15) is 0 Å². The molecule has 3 atom stereocenters. The summed E-state index contributed by atoms with van der Waals surface area (Å²) in [7, 11) is 0. The molecule has 0 unspecified atom stereocenters. The Morgan fingerprint density at radius 2 is 1.97 bits per heavy atom. The normalized spacial score (nSPS) is 20.6. The number of hydrogen-bond acceptors (Lipinski definition) is 5. The lowest BCUT2D eigenvalue weighted by Crippen LogP contribution is -2.51. The summed E-state index contributed by atoms with van der Waals surface area (Å²) in [6, 6.07) is 3.84. The summed E-state index contributed by atoms with van der Waals surface area (Å²) in [4.78, 5) is 27.5. The first-order chi connectivity index (χ1) is 17.0. The monoisotopic (exact) mass is 617 g/mol. The number of halogens is 2. The first kappa shape index (κ1) is 28.9. The molecule has 1 aromatic carbocycles. The van der Waals surface area contributed by atoms with Gasteiger partial charge in [0.2, 0.25) is 5.91 Å². The molecule has 3 rings (SSSR count). The van der Waals surface area contributed by atoms with E-state index in [-0.39, 0.29) is 16.4 Å². The number of nitrogens with one attached hydrogen (secondary N) is 2. The van der Waals surface area contributed by atoms with Gasteiger partial charge in [0.25, 0.3) is 0 Å². The van der Waals surface area contributed by atoms with E-state index in [1.807, 2.05) is 0 Å². The van der Waals surface area contributed by atoms with E-state index in [0.29, 0.717) is 36.3 Å². The van der Waals surface area contributed by atoms with Crippen molar-refractivity contribution < 1.29 is 23.5 Å². The van der Waals surface area contributed by atoms with Crippen LogP contribution in [0.1, 0.15) is 65.4 Å². The van der Waals surface area contributed by atoms with Crippen molar-refractivity contribution in [3.63, 3.8) is 0 Å². The molecule has 7 nitrogen and oxygen atoms in total. The summed E-state index contributed by atoms with van der Waals surface area (Å²) < 4.78 is 26.3. The van der Waals surface area contributed by atoms with Crippen LogP contribution in [0.3, 0.4) is 0 Å². The van der Waals surface area contributed by atoms with Gasteiger partial charge in [0.1, 0.15) is 23.2 Å². The fourth-order valence-electron chi connectivity index (χ4n) is 4.84. The number of piperidine rings is 1. The number of alkyl carbamates (subject to hydrolysis) is 1. The molecule has 0 spiro atoms. The van der Waals surface area contributed by atoms with Crippen LogP contribution in [-0.4, -0.2) is 58.8 Å². The fourth-order valence-corrected chi connectivity index (χ4v) is 5.83. The summed E-state index contributed by atoms with van der Waals surface area (Å²) in [5.74, 6) is 1.08. The number of carbonyl (C=O) groups excluding carboxylic acids is 2. The molecule has 2 saturated heterocycles. The Labute approximate surface area is 228 Å². The highest BCUT2D eigenvalue weighted by atomic mass is 127. The molecule has 0 bridgehead atoms. The minimum absolute atomic E-state index is 0.0385. The molecule has 2 fully saturated rings. The molecule has 0 aromatic heterocycles. The molecule has 202 valence electrons. The molecule has 1 aromatic rings. The second kappa shape index (κ2) is 13.3. The molecular formula is C27H41FIN3O4. The predicted molar refractivity (Wildman–Crippen MR) is 147 cm³/mol. The number of likely N-dealkylation sites (tertiary alicyclic amines) is 1. The van der Waals surface area contributed by atoms with Crippen LogP contribution in [0.2, 0.25) is 0 Å². The molecular weight excluding hydrogens is 576 g/mol. The van der Waals surface area contributed by atoms with Crippen LogP contribution < -0.4 is 15.4 Å². The second-order valence-corrected chi connectivity index (χ2v) is 12.4. The van der Waals surface area contributed by atoms with Crippen LogP contribution in [0.15, 0.2) is 18.2 Å². The Hall–Kier alpha value is -1.62. The SMILES string of the molecule is C[C@H](CCOc1ccc(C[C@H](NC(=O)OC(C)(C)C)C(=O)N2CCC[C@H]2I)c(F)c1)C1CCNCC1. The molecule has 2 heterocycles. The number of ether oxygens (including phenoxy) is 2. The molecule has 0 radical (unpaired) electrons. The van der Waals surface area contributed by atoms with E-state index in [1.165, 1.54) is 18.9 Å². The first-order valence-corrected chi connectivity index (χ1v) is 14.3. The Balaban J connectivity index is 1.61. The Bertz CT molecular complexity index is 888. The maximum atomic E-state index is 15.1. The minimum Gasteiger partial charge on any atom is -0.493 e. The lowest BCUT2D eigenvalue weighted by Gasteiger charge is -2.28. The van der Waals surface area contributed by atoms with Crippen LogP contribution in [-0.2, 0) is 16.0 Å². The highest BCUT2D eigenvalue weighted by molar-refractivity contribution is 14.1. The third kappa shape index (κ3) is 8.75. The van der Waals surface area contributed by atoms with Crippen LogP contribution in [0.4, 0.5) is 9.18 Å². The van der Waals surface area contributed by atoms with Crippen molar-refractivity contribution in [1.29, 1.82) is 0 Å². The zero-order chi connectivity index (χ0) is 26.3. The van der Waals surface area contributed by atoms with Crippen molar-refractivity contribution in [2.24, 2.45) is 11.8 Å². The van der Waals surface area contributed by atoms with Gasteiger partial charge in [-0.05, 0) is 89.4 Å². The van der Waals surface area contributed by atoms with Gasteiger partial charge in [-0.3, -0.25) is 4.79 Å². The Morgan fingerprint density at radius 1 is 1.25 bits per heavy atom. The number of benzene rings is 1. The number of amides is 2. The molecule has 36 heavy (non-hydrogen) atoms. The van der Waals surface area contributed by atoms with Crippen molar-refractivity contribution in [1.82, 2.24) is 15.5 Å². The largest absolute Gasteiger partial charge is 0.493 e. The van der Waals surface area contributed by atoms with E-state index in [2.05, 4.69) is 40.1 Å². The molecule has 2 aliphatic rings. The smallest absolute Gasteiger partial charge is 0.408 e. The molecule has 2 amide bonds. The highest BCUT2D eigenvalue weighted by Gasteiger charge is 2.34. The summed E-state index contributed by atoms with van der Waals surface area (Å²) in [6.45, 7) is 10.9.